The summed E-state index contributed by atoms with van der Waals surface area (Å²) in [5.41, 5.74) is 1.78. The van der Waals surface area contributed by atoms with Gasteiger partial charge in [0.25, 0.3) is 0 Å². The van der Waals surface area contributed by atoms with E-state index in [1.54, 1.807) is 18.2 Å². The Labute approximate surface area is 201 Å². The van der Waals surface area contributed by atoms with Gasteiger partial charge in [-0.2, -0.15) is 4.31 Å². The second kappa shape index (κ2) is 13.0. The van der Waals surface area contributed by atoms with Crippen LogP contribution < -0.4 is 4.74 Å². The maximum Gasteiger partial charge on any atom is 0.243 e. The molecule has 0 saturated heterocycles. The summed E-state index contributed by atoms with van der Waals surface area (Å²) < 4.78 is 31.7. The molecule has 32 heavy (non-hydrogen) atoms. The number of carbonyl (C=O) groups is 1. The van der Waals surface area contributed by atoms with E-state index in [-0.39, 0.29) is 22.4 Å². The number of nitrogens with zero attached hydrogens (tertiary/aromatic N) is 1. The molecule has 1 N–H and O–H groups in total. The van der Waals surface area contributed by atoms with Crippen LogP contribution in [0.25, 0.3) is 0 Å². The molecule has 0 bridgehead atoms. The molecule has 0 heterocycles. The van der Waals surface area contributed by atoms with E-state index >= 15 is 0 Å². The van der Waals surface area contributed by atoms with E-state index < -0.39 is 10.0 Å². The van der Waals surface area contributed by atoms with Crippen molar-refractivity contribution < 1.29 is 23.1 Å². The van der Waals surface area contributed by atoms with Crippen molar-refractivity contribution >= 4 is 39.0 Å². The Hall–Kier alpha value is -1.80. The predicted octanol–water partition coefficient (Wildman–Crippen LogP) is 5.80. The number of hydrogen-bond acceptors (Lipinski definition) is 5. The van der Waals surface area contributed by atoms with Gasteiger partial charge in [-0.3, -0.25) is 4.79 Å². The van der Waals surface area contributed by atoms with Crippen molar-refractivity contribution in [1.29, 1.82) is 0 Å². The summed E-state index contributed by atoms with van der Waals surface area (Å²) in [6, 6.07) is 8.00. The minimum atomic E-state index is -3.38. The van der Waals surface area contributed by atoms with Crippen molar-refractivity contribution in [3.63, 3.8) is 0 Å². The first-order valence-electron chi connectivity index (χ1n) is 10.3. The van der Waals surface area contributed by atoms with E-state index in [4.69, 9.17) is 27.9 Å². The second-order valence-electron chi connectivity index (χ2n) is 7.02. The zero-order valence-corrected chi connectivity index (χ0v) is 21.4. The molecule has 2 aromatic rings. The first kappa shape index (κ1) is 28.2. The van der Waals surface area contributed by atoms with Gasteiger partial charge in [-0.25, -0.2) is 8.42 Å². The van der Waals surface area contributed by atoms with Gasteiger partial charge in [0.15, 0.2) is 5.78 Å². The smallest absolute Gasteiger partial charge is 0.243 e. The van der Waals surface area contributed by atoms with E-state index in [0.717, 1.165) is 17.7 Å². The highest BCUT2D eigenvalue weighted by molar-refractivity contribution is 7.89. The summed E-state index contributed by atoms with van der Waals surface area (Å²) in [7, 11) is -3.38. The first-order chi connectivity index (χ1) is 15.0. The Bertz CT molecular complexity index is 1020. The number of phenolic OH excluding ortho intramolecular Hbond substituents is 1. The van der Waals surface area contributed by atoms with Crippen molar-refractivity contribution in [1.82, 2.24) is 4.31 Å². The van der Waals surface area contributed by atoms with Gasteiger partial charge < -0.3 is 9.84 Å². The topological polar surface area (TPSA) is 83.9 Å². The van der Waals surface area contributed by atoms with Gasteiger partial charge in [0, 0.05) is 24.2 Å². The molecule has 0 spiro atoms. The number of benzene rings is 2. The molecule has 0 aliphatic heterocycles. The van der Waals surface area contributed by atoms with E-state index in [1.165, 1.54) is 23.4 Å². The highest BCUT2D eigenvalue weighted by Gasteiger charge is 2.22. The fraction of sp³-hybridized carbons (Fsp3) is 0.435. The Morgan fingerprint density at radius 1 is 1.12 bits per heavy atom. The van der Waals surface area contributed by atoms with Crippen LogP contribution >= 0.6 is 23.2 Å². The molecule has 0 unspecified atom stereocenters. The van der Waals surface area contributed by atoms with E-state index in [0.29, 0.717) is 35.7 Å². The second-order valence-corrected chi connectivity index (χ2v) is 9.63. The molecule has 0 aliphatic carbocycles. The lowest BCUT2D eigenvalue weighted by atomic mass is 10.1. The van der Waals surface area contributed by atoms with Gasteiger partial charge in [-0.05, 0) is 56.2 Å². The van der Waals surface area contributed by atoms with Crippen molar-refractivity contribution in [2.45, 2.75) is 51.8 Å². The summed E-state index contributed by atoms with van der Waals surface area (Å²) in [4.78, 5) is 11.3. The van der Waals surface area contributed by atoms with Crippen molar-refractivity contribution in [2.75, 3.05) is 19.7 Å². The van der Waals surface area contributed by atoms with Crippen LogP contribution in [0.2, 0.25) is 5.02 Å². The van der Waals surface area contributed by atoms with E-state index in [2.05, 4.69) is 0 Å². The van der Waals surface area contributed by atoms with Crippen LogP contribution in [0.5, 0.6) is 11.5 Å². The molecular weight excluding hydrogens is 473 g/mol. The zero-order chi connectivity index (χ0) is 24.5. The van der Waals surface area contributed by atoms with Crippen molar-refractivity contribution in [3.05, 3.63) is 52.0 Å². The Balaban J connectivity index is 0.000000343. The molecule has 2 rings (SSSR count). The van der Waals surface area contributed by atoms with Crippen LogP contribution in [0.1, 0.15) is 55.6 Å². The average Bonchev–Trinajstić information content (AvgIpc) is 2.75. The number of carbonyl (C=O) groups excluding carboxylic acids is 1. The molecule has 0 radical (unpaired) electrons. The van der Waals surface area contributed by atoms with E-state index in [1.807, 2.05) is 27.7 Å². The maximum atomic E-state index is 12.4. The molecule has 0 aromatic heterocycles. The maximum absolute atomic E-state index is 12.4. The van der Waals surface area contributed by atoms with Crippen LogP contribution in [0.15, 0.2) is 35.2 Å². The third-order valence-electron chi connectivity index (χ3n) is 4.64. The third kappa shape index (κ3) is 7.37. The van der Waals surface area contributed by atoms with Gasteiger partial charge in [0.05, 0.1) is 22.4 Å². The van der Waals surface area contributed by atoms with Crippen LogP contribution in [-0.4, -0.2) is 43.3 Å². The molecule has 0 saturated carbocycles. The third-order valence-corrected chi connectivity index (χ3v) is 7.27. The SMILES string of the molecule is CC(=O)c1cc(Cl)c(O)c(CCl)c1.CCCOc1ccc(S(=O)(=O)N(CC)CC)cc1C. The average molecular weight is 504 g/mol. The number of rotatable bonds is 9. The van der Waals surface area contributed by atoms with Crippen molar-refractivity contribution in [3.8, 4) is 11.5 Å². The largest absolute Gasteiger partial charge is 0.506 e. The number of aryl methyl sites for hydroxylation is 1. The molecular formula is C23H31Cl2NO5S. The number of aromatic hydroxyl groups is 1. The number of halogens is 2. The van der Waals surface area contributed by atoms with Crippen LogP contribution in [0.3, 0.4) is 0 Å². The molecule has 6 nitrogen and oxygen atoms in total. The zero-order valence-electron chi connectivity index (χ0n) is 19.1. The summed E-state index contributed by atoms with van der Waals surface area (Å²) in [6.07, 6.45) is 0.930. The summed E-state index contributed by atoms with van der Waals surface area (Å²) in [5, 5.41) is 9.53. The number of alkyl halides is 1. The van der Waals surface area contributed by atoms with Crippen LogP contribution in [-0.2, 0) is 15.9 Å². The monoisotopic (exact) mass is 503 g/mol. The highest BCUT2D eigenvalue weighted by atomic mass is 35.5. The van der Waals surface area contributed by atoms with Crippen LogP contribution in [0.4, 0.5) is 0 Å². The first-order valence-corrected chi connectivity index (χ1v) is 12.7. The van der Waals surface area contributed by atoms with Gasteiger partial charge >= 0.3 is 0 Å². The quantitative estimate of drug-likeness (QED) is 0.345. The normalized spacial score (nSPS) is 11.1. The van der Waals surface area contributed by atoms with Gasteiger partial charge in [0.2, 0.25) is 10.0 Å². The predicted molar refractivity (Wildman–Crippen MR) is 130 cm³/mol. The Kier molecular flexibility index (Phi) is 11.5. The number of phenols is 1. The molecule has 2 aromatic carbocycles. The number of ketones is 1. The lowest BCUT2D eigenvalue weighted by molar-refractivity contribution is 0.101. The summed E-state index contributed by atoms with van der Waals surface area (Å²) >= 11 is 11.2. The van der Waals surface area contributed by atoms with Gasteiger partial charge in [0.1, 0.15) is 11.5 Å². The number of Topliss-reactive ketones (excluding diaryl/α,β-unsaturated/α-hetero) is 1. The van der Waals surface area contributed by atoms with E-state index in [9.17, 15) is 18.3 Å². The Morgan fingerprint density at radius 3 is 2.22 bits per heavy atom. The summed E-state index contributed by atoms with van der Waals surface area (Å²) in [6.45, 7) is 10.6. The minimum Gasteiger partial charge on any atom is -0.506 e. The molecule has 9 heteroatoms. The van der Waals surface area contributed by atoms with Crippen LogP contribution in [0, 0.1) is 6.92 Å². The van der Waals surface area contributed by atoms with Gasteiger partial charge in [-0.1, -0.05) is 32.4 Å². The lowest BCUT2D eigenvalue weighted by Crippen LogP contribution is -2.30. The Morgan fingerprint density at radius 2 is 1.75 bits per heavy atom. The number of sulfonamides is 1. The number of hydrogen-bond donors (Lipinski definition) is 1. The summed E-state index contributed by atoms with van der Waals surface area (Å²) in [5.74, 6) is 0.724. The fourth-order valence-electron chi connectivity index (χ4n) is 2.83. The molecule has 0 atom stereocenters. The standard InChI is InChI=1S/C14H23NO3S.C9H8Cl2O2/c1-5-10-18-14-9-8-13(11-12(14)4)19(16,17)15(6-2)7-3;1-5(12)6-2-7(4-10)9(13)8(11)3-6/h8-9,11H,5-7,10H2,1-4H3;2-3,13H,4H2,1H3. The highest BCUT2D eigenvalue weighted by Crippen LogP contribution is 2.30. The molecule has 0 amide bonds. The minimum absolute atomic E-state index is 0.0540. The fourth-order valence-corrected chi connectivity index (χ4v) is 4.82. The van der Waals surface area contributed by atoms with Crippen molar-refractivity contribution in [2.24, 2.45) is 0 Å². The number of ether oxygens (including phenoxy) is 1. The van der Waals surface area contributed by atoms with Gasteiger partial charge in [-0.15, -0.1) is 11.6 Å². The molecule has 178 valence electrons. The molecule has 0 aliphatic rings. The molecule has 0 fully saturated rings. The lowest BCUT2D eigenvalue weighted by Gasteiger charge is -2.19.